The second-order valence-corrected chi connectivity index (χ2v) is 4.04. The minimum Gasteiger partial charge on any atom is -0.273 e. The number of rotatable bonds is 0. The Bertz CT molecular complexity index is 529. The SMILES string of the molecule is Cc1cc2ccccc2[c-]1C.Cl.Cl.[C-]1=CC=CC1.[Zr+2]. The summed E-state index contributed by atoms with van der Waals surface area (Å²) in [6, 6.07) is 10.8. The van der Waals surface area contributed by atoms with Crippen molar-refractivity contribution in [1.82, 2.24) is 0 Å². The number of fused-ring (bicyclic) bond motifs is 1. The van der Waals surface area contributed by atoms with Crippen LogP contribution in [-0.4, -0.2) is 0 Å². The smallest absolute Gasteiger partial charge is 0.273 e. The molecule has 0 bridgehead atoms. The average Bonchev–Trinajstić information content (AvgIpc) is 2.93. The zero-order valence-corrected chi connectivity index (χ0v) is 15.2. The molecule has 0 aromatic heterocycles. The Morgan fingerprint density at radius 3 is 2.32 bits per heavy atom. The number of hydrogen-bond donors (Lipinski definition) is 0. The number of allylic oxidation sites excluding steroid dienone is 4. The van der Waals surface area contributed by atoms with Crippen LogP contribution in [0.3, 0.4) is 0 Å². The largest absolute Gasteiger partial charge is 2.00 e. The quantitative estimate of drug-likeness (QED) is 0.549. The summed E-state index contributed by atoms with van der Waals surface area (Å²) in [5.74, 6) is 0. The maximum atomic E-state index is 2.99. The van der Waals surface area contributed by atoms with Gasteiger partial charge in [0.05, 0.1) is 0 Å². The topological polar surface area (TPSA) is 0 Å². The van der Waals surface area contributed by atoms with Crippen LogP contribution >= 0.6 is 24.8 Å². The van der Waals surface area contributed by atoms with E-state index in [0.29, 0.717) is 0 Å². The third-order valence-corrected chi connectivity index (χ3v) is 2.91. The molecule has 0 atom stereocenters. The Hall–Kier alpha value is -0.227. The molecule has 1 aliphatic rings. The van der Waals surface area contributed by atoms with Gasteiger partial charge < -0.3 is 0 Å². The van der Waals surface area contributed by atoms with Crippen LogP contribution in [0.2, 0.25) is 0 Å². The molecule has 0 amide bonds. The second-order valence-electron chi connectivity index (χ2n) is 4.04. The van der Waals surface area contributed by atoms with Crippen molar-refractivity contribution in [3.8, 4) is 0 Å². The first-order chi connectivity index (χ1) is 7.79. The summed E-state index contributed by atoms with van der Waals surface area (Å²) in [6.45, 7) is 4.34. The van der Waals surface area contributed by atoms with E-state index in [4.69, 9.17) is 0 Å². The van der Waals surface area contributed by atoms with E-state index in [1.807, 2.05) is 12.2 Å². The van der Waals surface area contributed by atoms with Crippen LogP contribution in [0.25, 0.3) is 10.8 Å². The molecule has 0 saturated heterocycles. The van der Waals surface area contributed by atoms with Crippen molar-refractivity contribution in [2.45, 2.75) is 20.3 Å². The molecule has 0 heterocycles. The molecule has 0 unspecified atom stereocenters. The summed E-state index contributed by atoms with van der Waals surface area (Å²) in [5, 5.41) is 2.76. The summed E-state index contributed by atoms with van der Waals surface area (Å²) in [6.07, 6.45) is 10.0. The molecule has 0 spiro atoms. The minimum absolute atomic E-state index is 0. The van der Waals surface area contributed by atoms with E-state index in [2.05, 4.69) is 56.3 Å². The number of hydrogen-bond acceptors (Lipinski definition) is 0. The van der Waals surface area contributed by atoms with Gasteiger partial charge in [0.25, 0.3) is 0 Å². The predicted octanol–water partition coefficient (Wildman–Crippen LogP) is 5.32. The Morgan fingerprint density at radius 1 is 1.16 bits per heavy atom. The van der Waals surface area contributed by atoms with E-state index in [-0.39, 0.29) is 51.0 Å². The Balaban J connectivity index is 0. The fourth-order valence-electron chi connectivity index (χ4n) is 1.86. The van der Waals surface area contributed by atoms with Gasteiger partial charge in [-0.05, 0) is 0 Å². The van der Waals surface area contributed by atoms with Crippen LogP contribution in [0.5, 0.6) is 0 Å². The van der Waals surface area contributed by atoms with Gasteiger partial charge in [0, 0.05) is 0 Å². The average molecular weight is 372 g/mol. The van der Waals surface area contributed by atoms with Crippen molar-refractivity contribution >= 4 is 35.6 Å². The molecule has 3 heteroatoms. The van der Waals surface area contributed by atoms with E-state index >= 15 is 0 Å². The molecule has 0 radical (unpaired) electrons. The van der Waals surface area contributed by atoms with Crippen LogP contribution in [-0.2, 0) is 26.2 Å². The normalized spacial score (nSPS) is 10.8. The van der Waals surface area contributed by atoms with Gasteiger partial charge in [-0.3, -0.25) is 6.08 Å². The number of benzene rings is 1. The van der Waals surface area contributed by atoms with Crippen LogP contribution in [0.1, 0.15) is 17.5 Å². The van der Waals surface area contributed by atoms with Crippen LogP contribution in [0.15, 0.2) is 48.6 Å². The first-order valence-corrected chi connectivity index (χ1v) is 5.62. The predicted molar refractivity (Wildman–Crippen MR) is 85.1 cm³/mol. The summed E-state index contributed by atoms with van der Waals surface area (Å²) >= 11 is 0. The third-order valence-electron chi connectivity index (χ3n) is 2.91. The van der Waals surface area contributed by atoms with E-state index in [9.17, 15) is 0 Å². The maximum Gasteiger partial charge on any atom is 2.00 e. The fraction of sp³-hybridized carbons (Fsp3) is 0.188. The molecule has 0 nitrogen and oxygen atoms in total. The summed E-state index contributed by atoms with van der Waals surface area (Å²) in [7, 11) is 0. The van der Waals surface area contributed by atoms with Gasteiger partial charge in [0.1, 0.15) is 0 Å². The first-order valence-electron chi connectivity index (χ1n) is 5.62. The van der Waals surface area contributed by atoms with Gasteiger partial charge in [-0.15, -0.1) is 71.3 Å². The van der Waals surface area contributed by atoms with Crippen LogP contribution in [0.4, 0.5) is 0 Å². The van der Waals surface area contributed by atoms with Crippen LogP contribution < -0.4 is 0 Å². The molecule has 100 valence electrons. The molecule has 0 fully saturated rings. The molecule has 0 saturated carbocycles. The second kappa shape index (κ2) is 10.5. The van der Waals surface area contributed by atoms with Gasteiger partial charge in [-0.1, -0.05) is 19.9 Å². The molecule has 2 aromatic rings. The van der Waals surface area contributed by atoms with Gasteiger partial charge in [-0.2, -0.15) is 12.1 Å². The van der Waals surface area contributed by atoms with E-state index in [1.54, 1.807) is 0 Å². The Labute approximate surface area is 147 Å². The van der Waals surface area contributed by atoms with Gasteiger partial charge in [-0.25, -0.2) is 12.2 Å². The minimum atomic E-state index is 0. The Kier molecular flexibility index (Phi) is 11.7. The van der Waals surface area contributed by atoms with E-state index in [0.717, 1.165) is 6.42 Å². The number of halogens is 2. The zero-order chi connectivity index (χ0) is 11.4. The fourth-order valence-corrected chi connectivity index (χ4v) is 1.86. The van der Waals surface area contributed by atoms with Gasteiger partial charge >= 0.3 is 26.2 Å². The van der Waals surface area contributed by atoms with Gasteiger partial charge in [0.2, 0.25) is 0 Å². The van der Waals surface area contributed by atoms with Crippen molar-refractivity contribution in [2.24, 2.45) is 0 Å². The van der Waals surface area contributed by atoms with Crippen molar-refractivity contribution in [3.63, 3.8) is 0 Å². The van der Waals surface area contributed by atoms with Crippen LogP contribution in [0, 0.1) is 19.9 Å². The summed E-state index contributed by atoms with van der Waals surface area (Å²) < 4.78 is 0. The summed E-state index contributed by atoms with van der Waals surface area (Å²) in [4.78, 5) is 0. The van der Waals surface area contributed by atoms with Crippen molar-refractivity contribution in [1.29, 1.82) is 0 Å². The van der Waals surface area contributed by atoms with Crippen molar-refractivity contribution in [3.05, 3.63) is 65.8 Å². The molecule has 19 heavy (non-hydrogen) atoms. The maximum absolute atomic E-state index is 2.99. The first kappa shape index (κ1) is 21.1. The van der Waals surface area contributed by atoms with E-state index in [1.165, 1.54) is 21.9 Å². The van der Waals surface area contributed by atoms with Gasteiger partial charge in [0.15, 0.2) is 0 Å². The number of aryl methyl sites for hydroxylation is 2. The van der Waals surface area contributed by atoms with Crippen molar-refractivity contribution in [2.75, 3.05) is 0 Å². The molecular weight excluding hydrogens is 354 g/mol. The monoisotopic (exact) mass is 370 g/mol. The Morgan fingerprint density at radius 2 is 1.84 bits per heavy atom. The molecule has 2 aromatic carbocycles. The molecule has 0 N–H and O–H groups in total. The molecule has 1 aliphatic carbocycles. The third kappa shape index (κ3) is 5.73. The zero-order valence-electron chi connectivity index (χ0n) is 11.1. The molecule has 3 rings (SSSR count). The van der Waals surface area contributed by atoms with Crippen molar-refractivity contribution < 1.29 is 26.2 Å². The van der Waals surface area contributed by atoms with E-state index < -0.39 is 0 Å². The summed E-state index contributed by atoms with van der Waals surface area (Å²) in [5.41, 5.74) is 2.81. The standard InChI is InChI=1S/C11H11.C5H5.2ClH.Zr/c1-8-7-10-5-3-4-6-11(10)9(8)2;1-2-4-5-3-1;;;/h3-7H,1-2H3;1-3H,4H2;2*1H;/q2*-1;;;+2. The molecular formula is C16H18Cl2Zr. The molecule has 0 aliphatic heterocycles.